The number of aryl methyl sites for hydroxylation is 1. The minimum Gasteiger partial charge on any atom is -0.504 e. The van der Waals surface area contributed by atoms with E-state index in [0.717, 1.165) is 22.3 Å². The summed E-state index contributed by atoms with van der Waals surface area (Å²) in [6.45, 7) is 6.93. The van der Waals surface area contributed by atoms with Gasteiger partial charge in [0.05, 0.1) is 36.4 Å². The summed E-state index contributed by atoms with van der Waals surface area (Å²) in [6, 6.07) is 2.50. The molecule has 4 bridgehead atoms. The number of benzene rings is 2. The van der Waals surface area contributed by atoms with E-state index < -0.39 is 18.1 Å². The number of carbonyl (C=O) groups excluding carboxylic acids is 2. The quantitative estimate of drug-likeness (QED) is 0.386. The monoisotopic (exact) mass is 621 g/mol. The van der Waals surface area contributed by atoms with Crippen molar-refractivity contribution < 1.29 is 38.4 Å². The molecule has 0 spiro atoms. The molecule has 5 aliphatic rings. The lowest BCUT2D eigenvalue weighted by Crippen LogP contribution is -2.69. The maximum atomic E-state index is 13.1. The number of fused-ring (bicyclic) bond motifs is 9. The van der Waals surface area contributed by atoms with Gasteiger partial charge in [-0.15, -0.1) is 0 Å². The zero-order valence-electron chi connectivity index (χ0n) is 25.5. The number of esters is 2. The van der Waals surface area contributed by atoms with E-state index >= 15 is 0 Å². The molecular formula is C32H35N3O8S. The summed E-state index contributed by atoms with van der Waals surface area (Å²) in [7, 11) is 3.55. The number of hydrogen-bond donors (Lipinski definition) is 1. The first kappa shape index (κ1) is 29.1. The zero-order chi connectivity index (χ0) is 31.2. The summed E-state index contributed by atoms with van der Waals surface area (Å²) >= 11 is 1.57. The van der Waals surface area contributed by atoms with Crippen molar-refractivity contribution in [2.24, 2.45) is 5.92 Å². The number of phenols is 1. The molecule has 2 aromatic rings. The van der Waals surface area contributed by atoms with Crippen molar-refractivity contribution in [3.63, 3.8) is 0 Å². The zero-order valence-corrected chi connectivity index (χ0v) is 26.3. The van der Waals surface area contributed by atoms with Crippen molar-refractivity contribution in [1.29, 1.82) is 5.26 Å². The van der Waals surface area contributed by atoms with Crippen LogP contribution in [0.5, 0.6) is 28.7 Å². The fraction of sp³-hybridized carbons (Fsp3) is 0.531. The van der Waals surface area contributed by atoms with Gasteiger partial charge in [0.15, 0.2) is 23.0 Å². The number of methoxy groups -OCH3 is 1. The smallest absolute Gasteiger partial charge is 0.309 e. The van der Waals surface area contributed by atoms with Crippen LogP contribution in [0.25, 0.3) is 0 Å². The molecule has 0 aromatic heterocycles. The second-order valence-electron chi connectivity index (χ2n) is 12.3. The lowest BCUT2D eigenvalue weighted by molar-refractivity contribution is -0.153. The summed E-state index contributed by atoms with van der Waals surface area (Å²) in [5.74, 6) is 1.17. The number of nitrogens with zero attached hydrogens (tertiary/aromatic N) is 3. The Balaban J connectivity index is 1.56. The highest BCUT2D eigenvalue weighted by atomic mass is 32.2. The van der Waals surface area contributed by atoms with E-state index in [1.165, 1.54) is 6.92 Å². The number of nitriles is 1. The molecular weight excluding hydrogens is 586 g/mol. The first-order valence-electron chi connectivity index (χ1n) is 14.8. The Labute approximate surface area is 259 Å². The maximum Gasteiger partial charge on any atom is 0.309 e. The minimum atomic E-state index is -0.606. The van der Waals surface area contributed by atoms with Gasteiger partial charge in [0.1, 0.15) is 18.4 Å². The molecule has 7 rings (SSSR count). The van der Waals surface area contributed by atoms with E-state index in [9.17, 15) is 20.0 Å². The van der Waals surface area contributed by atoms with Gasteiger partial charge in [-0.1, -0.05) is 13.0 Å². The number of phenolic OH excluding ortho intramolecular Hbond substituents is 1. The van der Waals surface area contributed by atoms with Crippen LogP contribution < -0.4 is 18.9 Å². The Morgan fingerprint density at radius 2 is 1.91 bits per heavy atom. The predicted molar refractivity (Wildman–Crippen MR) is 159 cm³/mol. The van der Waals surface area contributed by atoms with Crippen LogP contribution in [0.4, 0.5) is 0 Å². The van der Waals surface area contributed by atoms with E-state index in [0.29, 0.717) is 46.3 Å². The highest BCUT2D eigenvalue weighted by Crippen LogP contribution is 2.64. The average Bonchev–Trinajstić information content (AvgIpc) is 3.47. The van der Waals surface area contributed by atoms with E-state index in [1.807, 2.05) is 27.8 Å². The summed E-state index contributed by atoms with van der Waals surface area (Å²) in [5, 5.41) is 22.2. The Bertz CT molecular complexity index is 1640. The first-order valence-corrected chi connectivity index (χ1v) is 15.8. The number of cyclic esters (lactones) is 1. The molecule has 2 fully saturated rings. The Kier molecular flexibility index (Phi) is 6.91. The number of rotatable bonds is 2. The molecule has 11 nitrogen and oxygen atoms in total. The number of ether oxygens (including phenoxy) is 5. The number of likely N-dealkylation sites (N-methyl/N-ethyl adjacent to an activating group) is 1. The van der Waals surface area contributed by atoms with Gasteiger partial charge in [-0.25, -0.2) is 0 Å². The van der Waals surface area contributed by atoms with Gasteiger partial charge in [-0.3, -0.25) is 19.4 Å². The molecule has 2 aromatic carbocycles. The highest BCUT2D eigenvalue weighted by molar-refractivity contribution is 7.99. The summed E-state index contributed by atoms with van der Waals surface area (Å²) in [6.07, 6.45) is 0.542. The van der Waals surface area contributed by atoms with Gasteiger partial charge in [-0.05, 0) is 38.4 Å². The topological polar surface area (TPSA) is 131 Å². The first-order chi connectivity index (χ1) is 21.1. The molecule has 0 amide bonds. The molecule has 232 valence electrons. The Morgan fingerprint density at radius 1 is 1.16 bits per heavy atom. The maximum absolute atomic E-state index is 13.1. The number of carbonyl (C=O) groups is 2. The van der Waals surface area contributed by atoms with E-state index in [-0.39, 0.29) is 54.4 Å². The average molecular weight is 622 g/mol. The molecule has 1 N–H and O–H groups in total. The van der Waals surface area contributed by atoms with Gasteiger partial charge in [0, 0.05) is 47.0 Å². The van der Waals surface area contributed by atoms with Crippen LogP contribution in [0.2, 0.25) is 0 Å². The molecule has 12 heteroatoms. The second-order valence-corrected chi connectivity index (χ2v) is 13.5. The van der Waals surface area contributed by atoms with Crippen molar-refractivity contribution in [1.82, 2.24) is 9.80 Å². The van der Waals surface area contributed by atoms with E-state index in [2.05, 4.69) is 21.9 Å². The summed E-state index contributed by atoms with van der Waals surface area (Å²) in [4.78, 5) is 30.0. The molecule has 5 aliphatic heterocycles. The van der Waals surface area contributed by atoms with Gasteiger partial charge >= 0.3 is 11.9 Å². The van der Waals surface area contributed by atoms with E-state index in [1.54, 1.807) is 18.9 Å². The van der Waals surface area contributed by atoms with Crippen molar-refractivity contribution in [2.45, 2.75) is 69.6 Å². The third-order valence-electron chi connectivity index (χ3n) is 9.86. The van der Waals surface area contributed by atoms with Gasteiger partial charge in [-0.2, -0.15) is 17.0 Å². The van der Waals surface area contributed by atoms with Crippen molar-refractivity contribution in [2.75, 3.05) is 33.3 Å². The van der Waals surface area contributed by atoms with Crippen molar-refractivity contribution in [3.8, 4) is 34.8 Å². The van der Waals surface area contributed by atoms with Gasteiger partial charge < -0.3 is 28.8 Å². The number of hydrogen-bond acceptors (Lipinski definition) is 12. The van der Waals surface area contributed by atoms with Gasteiger partial charge in [0.2, 0.25) is 6.79 Å². The summed E-state index contributed by atoms with van der Waals surface area (Å²) in [5.41, 5.74) is 4.70. The number of thioether (sulfide) groups is 1. The fourth-order valence-electron chi connectivity index (χ4n) is 8.06. The molecule has 0 radical (unpaired) electrons. The molecule has 2 saturated heterocycles. The third-order valence-corrected chi connectivity index (χ3v) is 11.4. The van der Waals surface area contributed by atoms with Crippen LogP contribution in [0, 0.1) is 31.1 Å². The standard InChI is InChI=1S/C32H35N3O8S/c1-13-7-17-8-18-19(9-33)35-20-10-40-32(38)14(2)11-44-31(25(35)24(34(18)5)21(17)26(37)27(13)39-6)23-22(20)30-29(41-12-42-30)15(3)28(23)43-16(4)36/h7,14,18-20,24-25,31,37H,8,10-12H2,1-6H3/t14-,18+,19-,20+,24+,25?,31+/m0/s1. The Hall–Kier alpha value is -3.66. The van der Waals surface area contributed by atoms with Crippen LogP contribution in [0.1, 0.15) is 64.6 Å². The number of aromatic hydroxyl groups is 1. The van der Waals surface area contributed by atoms with Crippen LogP contribution >= 0.6 is 11.8 Å². The van der Waals surface area contributed by atoms with Crippen LogP contribution in [-0.2, 0) is 20.7 Å². The lowest BCUT2D eigenvalue weighted by Gasteiger charge is -2.61. The minimum absolute atomic E-state index is 0.00697. The van der Waals surface area contributed by atoms with Gasteiger partial charge in [0.25, 0.3) is 0 Å². The van der Waals surface area contributed by atoms with Crippen molar-refractivity contribution in [3.05, 3.63) is 39.4 Å². The van der Waals surface area contributed by atoms with Crippen LogP contribution in [0.3, 0.4) is 0 Å². The SMILES string of the molecule is COc1c(C)cc2c(c1O)[C@@H]1C3[C@@H]4SC[C@H](C)C(=O)OC[C@H](c5c6c(c(C)c(OC(C)=O)c54)OCO6)N3[C@@H](C#N)[C@@H](C2)N1C. The number of piperazine rings is 1. The molecule has 0 saturated carbocycles. The van der Waals surface area contributed by atoms with Crippen LogP contribution in [-0.4, -0.2) is 78.3 Å². The van der Waals surface area contributed by atoms with Crippen molar-refractivity contribution >= 4 is 23.7 Å². The lowest BCUT2D eigenvalue weighted by atomic mass is 9.71. The molecule has 7 atom stereocenters. The fourth-order valence-corrected chi connectivity index (χ4v) is 9.58. The Morgan fingerprint density at radius 3 is 2.61 bits per heavy atom. The molecule has 0 aliphatic carbocycles. The van der Waals surface area contributed by atoms with E-state index in [4.69, 9.17) is 23.7 Å². The molecule has 5 heterocycles. The normalized spacial score (nSPS) is 30.4. The van der Waals surface area contributed by atoms with Crippen LogP contribution in [0.15, 0.2) is 6.07 Å². The third kappa shape index (κ3) is 3.95. The summed E-state index contributed by atoms with van der Waals surface area (Å²) < 4.78 is 29.6. The second kappa shape index (κ2) is 10.5. The molecule has 44 heavy (non-hydrogen) atoms. The highest BCUT2D eigenvalue weighted by Gasteiger charge is 2.60. The molecule has 1 unspecified atom stereocenters. The largest absolute Gasteiger partial charge is 0.504 e. The predicted octanol–water partition coefficient (Wildman–Crippen LogP) is 3.87.